The van der Waals surface area contributed by atoms with Crippen LogP contribution in [0.1, 0.15) is 39.3 Å². The van der Waals surface area contributed by atoms with E-state index in [2.05, 4.69) is 36.4 Å². The van der Waals surface area contributed by atoms with Crippen molar-refractivity contribution in [2.45, 2.75) is 12.8 Å². The molecule has 0 bridgehead atoms. The van der Waals surface area contributed by atoms with Gasteiger partial charge in [0.2, 0.25) is 11.4 Å². The number of benzene rings is 5. The van der Waals surface area contributed by atoms with Gasteiger partial charge in [0.15, 0.2) is 22.7 Å². The Balaban J connectivity index is 1.63. The third-order valence-corrected chi connectivity index (χ3v) is 8.72. The van der Waals surface area contributed by atoms with Crippen molar-refractivity contribution >= 4 is 61.4 Å². The van der Waals surface area contributed by atoms with E-state index in [1.54, 1.807) is 35.8 Å². The average Bonchev–Trinajstić information content (AvgIpc) is 3.69. The van der Waals surface area contributed by atoms with E-state index in [1.807, 2.05) is 48.5 Å². The lowest BCUT2D eigenvalue weighted by Gasteiger charge is -2.26. The monoisotopic (exact) mass is 638 g/mol. The summed E-state index contributed by atoms with van der Waals surface area (Å²) in [6.45, 7) is 41.8. The van der Waals surface area contributed by atoms with Gasteiger partial charge in [0.25, 0.3) is 0 Å². The minimum Gasteiger partial charge on any atom is -0.439 e. The van der Waals surface area contributed by atoms with Crippen molar-refractivity contribution in [3.63, 3.8) is 0 Å². The Hall–Kier alpha value is -8.13. The van der Waals surface area contributed by atoms with Crippen molar-refractivity contribution < 1.29 is 4.42 Å². The molecule has 0 fully saturated rings. The molecule has 7 aromatic rings. The third-order valence-electron chi connectivity index (χ3n) is 8.72. The van der Waals surface area contributed by atoms with Gasteiger partial charge in [0.05, 0.1) is 67.2 Å². The van der Waals surface area contributed by atoms with Crippen molar-refractivity contribution in [3.8, 4) is 17.8 Å². The summed E-state index contributed by atoms with van der Waals surface area (Å²) in [5.74, 6) is -1.10. The molecule has 0 N–H and O–H groups in total. The van der Waals surface area contributed by atoms with Gasteiger partial charge in [0, 0.05) is 22.3 Å². The molecule has 1 atom stereocenters. The molecule has 50 heavy (non-hydrogen) atoms. The second kappa shape index (κ2) is 11.9. The van der Waals surface area contributed by atoms with Crippen LogP contribution in [0, 0.1) is 62.4 Å². The summed E-state index contributed by atoms with van der Waals surface area (Å²) in [6, 6.07) is 28.8. The van der Waals surface area contributed by atoms with Gasteiger partial charge in [-0.3, -0.25) is 4.57 Å². The summed E-state index contributed by atoms with van der Waals surface area (Å²) >= 11 is 0. The molecule has 2 aromatic heterocycles. The molecule has 0 aliphatic carbocycles. The quantitative estimate of drug-likeness (QED) is 0.142. The van der Waals surface area contributed by atoms with Crippen molar-refractivity contribution in [1.82, 2.24) is 4.57 Å². The molecule has 2 heterocycles. The van der Waals surface area contributed by atoms with E-state index in [-0.39, 0.29) is 56.4 Å². The van der Waals surface area contributed by atoms with Gasteiger partial charge < -0.3 is 4.42 Å². The highest BCUT2D eigenvalue weighted by molar-refractivity contribution is 6.20. The number of hydrogen-bond acceptors (Lipinski definition) is 3. The SMILES string of the molecule is [C-]#[N+]c1cc(C#N)c(C(c2cc(C#N)c(-n3c4ccccc4c4c5ccccc5oc43)c([N+]#[C-])c2)c2c([N+]#[C-])cc(C)cc2[N+]#[C-])c([N+]#[C-])c1. The molecule has 0 radical (unpaired) electrons. The van der Waals surface area contributed by atoms with Gasteiger partial charge >= 0.3 is 0 Å². The minimum atomic E-state index is -1.10. The summed E-state index contributed by atoms with van der Waals surface area (Å²) in [6.07, 6.45) is 0. The number of hydrogen-bond donors (Lipinski definition) is 0. The standard InChI is InChI=1S/C41H18N8O/c1-23-15-30(45-3)39(31(16-23)46-4)37(36-25(21-42)18-27(44-2)20-32(36)47-5)24-17-26(22-43)40(33(19-24)48-6)49-34-13-9-7-11-28(34)38-29-12-8-10-14-35(29)50-41(38)49/h7-20,37H,1H3. The molecule has 0 amide bonds. The zero-order valence-electron chi connectivity index (χ0n) is 26.1. The predicted octanol–water partition coefficient (Wildman–Crippen LogP) is 11.5. The number of nitriles is 2. The maximum Gasteiger partial charge on any atom is 0.212 e. The molecule has 0 aliphatic rings. The summed E-state index contributed by atoms with van der Waals surface area (Å²) in [7, 11) is 0. The van der Waals surface area contributed by atoms with Crippen molar-refractivity contribution in [2.24, 2.45) is 0 Å². The zero-order chi connectivity index (χ0) is 35.1. The first-order valence-electron chi connectivity index (χ1n) is 15.0. The Labute approximate surface area is 286 Å². The molecule has 5 aromatic carbocycles. The van der Waals surface area contributed by atoms with E-state index in [9.17, 15) is 10.5 Å². The lowest BCUT2D eigenvalue weighted by atomic mass is 9.79. The number of fused-ring (bicyclic) bond motifs is 5. The third kappa shape index (κ3) is 4.49. The lowest BCUT2D eigenvalue weighted by Crippen LogP contribution is -2.09. The summed E-state index contributed by atoms with van der Waals surface area (Å²) in [5, 5.41) is 23.7. The number of furan rings is 1. The second-order valence-corrected chi connectivity index (χ2v) is 11.4. The molecule has 0 spiro atoms. The summed E-state index contributed by atoms with van der Waals surface area (Å²) in [5.41, 5.74) is 4.01. The molecule has 9 heteroatoms. The maximum absolute atomic E-state index is 10.7. The molecule has 228 valence electrons. The van der Waals surface area contributed by atoms with Crippen LogP contribution < -0.4 is 0 Å². The number of aromatic nitrogens is 1. The topological polar surface area (TPSA) is 87.4 Å². The van der Waals surface area contributed by atoms with Gasteiger partial charge in [-0.2, -0.15) is 10.5 Å². The van der Waals surface area contributed by atoms with Crippen LogP contribution in [0.25, 0.3) is 62.9 Å². The first-order chi connectivity index (χ1) is 24.4. The van der Waals surface area contributed by atoms with Crippen LogP contribution in [-0.2, 0) is 0 Å². The van der Waals surface area contributed by atoms with Crippen LogP contribution >= 0.6 is 0 Å². The maximum atomic E-state index is 10.7. The Bertz CT molecular complexity index is 2820. The van der Waals surface area contributed by atoms with Gasteiger partial charge in [-0.05, 0) is 47.9 Å². The van der Waals surface area contributed by atoms with E-state index in [0.717, 1.165) is 21.7 Å². The Kier molecular flexibility index (Phi) is 7.27. The van der Waals surface area contributed by atoms with E-state index in [1.165, 1.54) is 12.1 Å². The number of nitrogens with zero attached hydrogens (tertiary/aromatic N) is 8. The highest BCUT2D eigenvalue weighted by Gasteiger charge is 2.31. The molecule has 9 nitrogen and oxygen atoms in total. The fraction of sp³-hybridized carbons (Fsp3) is 0.0488. The largest absolute Gasteiger partial charge is 0.439 e. The fourth-order valence-electron chi connectivity index (χ4n) is 6.77. The lowest BCUT2D eigenvalue weighted by molar-refractivity contribution is 0.645. The van der Waals surface area contributed by atoms with Crippen LogP contribution in [0.2, 0.25) is 0 Å². The highest BCUT2D eigenvalue weighted by atomic mass is 16.3. The van der Waals surface area contributed by atoms with E-state index < -0.39 is 5.92 Å². The van der Waals surface area contributed by atoms with Crippen molar-refractivity contribution in [3.05, 3.63) is 175 Å². The Morgan fingerprint density at radius 2 is 1.28 bits per heavy atom. The molecule has 0 saturated carbocycles. The van der Waals surface area contributed by atoms with Gasteiger partial charge in [-0.15, -0.1) is 0 Å². The first-order valence-corrected chi connectivity index (χ1v) is 15.0. The minimum absolute atomic E-state index is 0.00858. The molecular formula is C41H18N8O. The molecular weight excluding hydrogens is 621 g/mol. The molecule has 1 unspecified atom stereocenters. The van der Waals surface area contributed by atoms with E-state index >= 15 is 0 Å². The molecule has 0 saturated heterocycles. The first kappa shape index (κ1) is 30.5. The second-order valence-electron chi connectivity index (χ2n) is 11.4. The Morgan fingerprint density at radius 3 is 1.92 bits per heavy atom. The summed E-state index contributed by atoms with van der Waals surface area (Å²) < 4.78 is 8.15. The van der Waals surface area contributed by atoms with Crippen LogP contribution in [0.3, 0.4) is 0 Å². The number of para-hydroxylation sites is 2. The van der Waals surface area contributed by atoms with Crippen LogP contribution in [0.4, 0.5) is 28.4 Å². The van der Waals surface area contributed by atoms with E-state index in [4.69, 9.17) is 37.3 Å². The Morgan fingerprint density at radius 1 is 0.660 bits per heavy atom. The van der Waals surface area contributed by atoms with Crippen LogP contribution in [-0.4, -0.2) is 4.57 Å². The normalized spacial score (nSPS) is 11.1. The fourth-order valence-corrected chi connectivity index (χ4v) is 6.77. The smallest absolute Gasteiger partial charge is 0.212 e. The number of rotatable bonds is 4. The summed E-state index contributed by atoms with van der Waals surface area (Å²) in [4.78, 5) is 18.5. The predicted molar refractivity (Wildman–Crippen MR) is 190 cm³/mol. The molecule has 0 aliphatic heterocycles. The van der Waals surface area contributed by atoms with Crippen molar-refractivity contribution in [1.29, 1.82) is 10.5 Å². The zero-order valence-corrected chi connectivity index (χ0v) is 26.1. The van der Waals surface area contributed by atoms with Gasteiger partial charge in [-0.1, -0.05) is 66.2 Å². The van der Waals surface area contributed by atoms with Crippen LogP contribution in [0.15, 0.2) is 89.3 Å². The van der Waals surface area contributed by atoms with Crippen molar-refractivity contribution in [2.75, 3.05) is 0 Å². The van der Waals surface area contributed by atoms with E-state index in [0.29, 0.717) is 22.4 Å². The van der Waals surface area contributed by atoms with Gasteiger partial charge in [-0.25, -0.2) is 24.2 Å². The highest BCUT2D eigenvalue weighted by Crippen LogP contribution is 2.50. The number of aryl methyl sites for hydroxylation is 1. The van der Waals surface area contributed by atoms with Crippen LogP contribution in [0.5, 0.6) is 0 Å². The average molecular weight is 639 g/mol. The van der Waals surface area contributed by atoms with Gasteiger partial charge in [0.1, 0.15) is 5.58 Å². The molecule has 7 rings (SSSR count).